The zero-order valence-electron chi connectivity index (χ0n) is 14.6. The fourth-order valence-electron chi connectivity index (χ4n) is 3.01. The predicted molar refractivity (Wildman–Crippen MR) is 98.3 cm³/mol. The Hall–Kier alpha value is -2.48. The molecule has 0 bridgehead atoms. The molecule has 0 N–H and O–H groups in total. The number of carbonyl (C=O) groups excluding carboxylic acids is 1. The standard InChI is InChI=1S/C19H20F2N2O3S/c20-15-1-5-17(6-2-15)22-10-12-23(13-11-22)19(24)9-14-27(25,26)18-7-3-16(21)4-8-18/h1-8H,9-14H2. The van der Waals surface area contributed by atoms with E-state index in [4.69, 9.17) is 0 Å². The van der Waals surface area contributed by atoms with Crippen LogP contribution in [0.15, 0.2) is 53.4 Å². The Labute approximate surface area is 157 Å². The van der Waals surface area contributed by atoms with Gasteiger partial charge in [-0.05, 0) is 48.5 Å². The minimum Gasteiger partial charge on any atom is -0.368 e. The van der Waals surface area contributed by atoms with E-state index in [1.807, 2.05) is 0 Å². The molecule has 0 unspecified atom stereocenters. The molecule has 1 aliphatic heterocycles. The number of hydrogen-bond donors (Lipinski definition) is 0. The van der Waals surface area contributed by atoms with Crippen molar-refractivity contribution in [1.82, 2.24) is 4.90 Å². The molecule has 1 aliphatic rings. The van der Waals surface area contributed by atoms with Crippen molar-refractivity contribution in [3.63, 3.8) is 0 Å². The Kier molecular flexibility index (Phi) is 5.74. The smallest absolute Gasteiger partial charge is 0.223 e. The maximum atomic E-state index is 13.0. The zero-order valence-corrected chi connectivity index (χ0v) is 15.5. The molecular weight excluding hydrogens is 374 g/mol. The highest BCUT2D eigenvalue weighted by molar-refractivity contribution is 7.91. The number of hydrogen-bond acceptors (Lipinski definition) is 4. The van der Waals surface area contributed by atoms with E-state index in [9.17, 15) is 22.0 Å². The predicted octanol–water partition coefficient (Wildman–Crippen LogP) is 2.48. The molecule has 0 atom stereocenters. The van der Waals surface area contributed by atoms with Crippen LogP contribution in [0.25, 0.3) is 0 Å². The second-order valence-electron chi connectivity index (χ2n) is 6.37. The number of sulfone groups is 1. The minimum absolute atomic E-state index is 0.0119. The van der Waals surface area contributed by atoms with Crippen molar-refractivity contribution in [2.45, 2.75) is 11.3 Å². The summed E-state index contributed by atoms with van der Waals surface area (Å²) in [6.07, 6.45) is -0.115. The number of rotatable bonds is 5. The van der Waals surface area contributed by atoms with Crippen LogP contribution in [0.5, 0.6) is 0 Å². The summed E-state index contributed by atoms with van der Waals surface area (Å²) < 4.78 is 50.5. The summed E-state index contributed by atoms with van der Waals surface area (Å²) in [4.78, 5) is 16.1. The molecule has 5 nitrogen and oxygen atoms in total. The molecule has 1 amide bonds. The molecule has 1 fully saturated rings. The van der Waals surface area contributed by atoms with E-state index < -0.39 is 15.7 Å². The third kappa shape index (κ3) is 4.82. The Morgan fingerprint density at radius 2 is 1.37 bits per heavy atom. The van der Waals surface area contributed by atoms with Gasteiger partial charge in [-0.1, -0.05) is 0 Å². The molecule has 1 heterocycles. The molecule has 3 rings (SSSR count). The second kappa shape index (κ2) is 8.04. The molecule has 2 aromatic carbocycles. The number of halogens is 2. The van der Waals surface area contributed by atoms with Crippen LogP contribution in [0.1, 0.15) is 6.42 Å². The molecule has 0 saturated carbocycles. The van der Waals surface area contributed by atoms with Crippen LogP contribution in [0.2, 0.25) is 0 Å². The lowest BCUT2D eigenvalue weighted by Gasteiger charge is -2.36. The molecule has 0 radical (unpaired) electrons. The van der Waals surface area contributed by atoms with Gasteiger partial charge in [-0.25, -0.2) is 17.2 Å². The lowest BCUT2D eigenvalue weighted by molar-refractivity contribution is -0.131. The number of anilines is 1. The first kappa shape index (κ1) is 19.3. The Morgan fingerprint density at radius 1 is 0.852 bits per heavy atom. The molecule has 0 aliphatic carbocycles. The Balaban J connectivity index is 1.52. The maximum Gasteiger partial charge on any atom is 0.223 e. The summed E-state index contributed by atoms with van der Waals surface area (Å²) >= 11 is 0. The van der Waals surface area contributed by atoms with E-state index >= 15 is 0 Å². The molecule has 0 aromatic heterocycles. The third-order valence-electron chi connectivity index (χ3n) is 4.58. The largest absolute Gasteiger partial charge is 0.368 e. The van der Waals surface area contributed by atoms with Gasteiger partial charge in [0.2, 0.25) is 5.91 Å². The SMILES string of the molecule is O=C(CCS(=O)(=O)c1ccc(F)cc1)N1CCN(c2ccc(F)cc2)CC1. The number of amides is 1. The van der Waals surface area contributed by atoms with Crippen molar-refractivity contribution in [3.05, 3.63) is 60.2 Å². The summed E-state index contributed by atoms with van der Waals surface area (Å²) in [5, 5.41) is 0. The quantitative estimate of drug-likeness (QED) is 0.731. The summed E-state index contributed by atoms with van der Waals surface area (Å²) in [5.41, 5.74) is 0.891. The van der Waals surface area contributed by atoms with Crippen LogP contribution < -0.4 is 4.90 Å². The van der Waals surface area contributed by atoms with Gasteiger partial charge in [-0.3, -0.25) is 4.79 Å². The number of benzene rings is 2. The summed E-state index contributed by atoms with van der Waals surface area (Å²) in [6.45, 7) is 2.16. The van der Waals surface area contributed by atoms with Gasteiger partial charge >= 0.3 is 0 Å². The van der Waals surface area contributed by atoms with Gasteiger partial charge in [0.25, 0.3) is 0 Å². The van der Waals surface area contributed by atoms with Gasteiger partial charge < -0.3 is 9.80 Å². The Bertz CT molecular complexity index is 892. The van der Waals surface area contributed by atoms with Crippen LogP contribution in [0.3, 0.4) is 0 Å². The average Bonchev–Trinajstić information content (AvgIpc) is 2.67. The molecule has 144 valence electrons. The normalized spacial score (nSPS) is 15.0. The zero-order chi connectivity index (χ0) is 19.4. The van der Waals surface area contributed by atoms with Gasteiger partial charge in [-0.15, -0.1) is 0 Å². The van der Waals surface area contributed by atoms with E-state index in [1.54, 1.807) is 17.0 Å². The van der Waals surface area contributed by atoms with Crippen molar-refractivity contribution < 1.29 is 22.0 Å². The van der Waals surface area contributed by atoms with Gasteiger partial charge in [0.05, 0.1) is 10.6 Å². The molecular formula is C19H20F2N2O3S. The van der Waals surface area contributed by atoms with Gasteiger partial charge in [0, 0.05) is 38.3 Å². The first-order valence-electron chi connectivity index (χ1n) is 8.62. The highest BCUT2D eigenvalue weighted by Gasteiger charge is 2.23. The van der Waals surface area contributed by atoms with Crippen molar-refractivity contribution in [2.75, 3.05) is 36.8 Å². The third-order valence-corrected chi connectivity index (χ3v) is 6.31. The summed E-state index contributed by atoms with van der Waals surface area (Å²) in [5.74, 6) is -1.34. The van der Waals surface area contributed by atoms with Crippen molar-refractivity contribution in [2.24, 2.45) is 0 Å². The molecule has 27 heavy (non-hydrogen) atoms. The monoisotopic (exact) mass is 394 g/mol. The van der Waals surface area contributed by atoms with Crippen molar-refractivity contribution in [1.29, 1.82) is 0 Å². The second-order valence-corrected chi connectivity index (χ2v) is 8.48. The highest BCUT2D eigenvalue weighted by Crippen LogP contribution is 2.18. The topological polar surface area (TPSA) is 57.7 Å². The van der Waals surface area contributed by atoms with Gasteiger partial charge in [0.15, 0.2) is 9.84 Å². The average molecular weight is 394 g/mol. The molecule has 1 saturated heterocycles. The van der Waals surface area contributed by atoms with Crippen molar-refractivity contribution in [3.8, 4) is 0 Å². The van der Waals surface area contributed by atoms with Crippen molar-refractivity contribution >= 4 is 21.4 Å². The molecule has 0 spiro atoms. The highest BCUT2D eigenvalue weighted by atomic mass is 32.2. The maximum absolute atomic E-state index is 13.0. The fraction of sp³-hybridized carbons (Fsp3) is 0.316. The van der Waals surface area contributed by atoms with E-state index in [0.29, 0.717) is 26.2 Å². The van der Waals surface area contributed by atoms with Crippen LogP contribution >= 0.6 is 0 Å². The molecule has 8 heteroatoms. The van der Waals surface area contributed by atoms with Gasteiger partial charge in [-0.2, -0.15) is 0 Å². The fourth-order valence-corrected chi connectivity index (χ4v) is 4.24. The van der Waals surface area contributed by atoms with Gasteiger partial charge in [0.1, 0.15) is 11.6 Å². The van der Waals surface area contributed by atoms with Crippen LogP contribution in [-0.4, -0.2) is 51.2 Å². The van der Waals surface area contributed by atoms with E-state index in [-0.39, 0.29) is 28.8 Å². The van der Waals surface area contributed by atoms with Crippen LogP contribution in [0.4, 0.5) is 14.5 Å². The van der Waals surface area contributed by atoms with Crippen LogP contribution in [0, 0.1) is 11.6 Å². The number of piperazine rings is 1. The van der Waals surface area contributed by atoms with E-state index in [0.717, 1.165) is 17.8 Å². The molecule has 2 aromatic rings. The lowest BCUT2D eigenvalue weighted by Crippen LogP contribution is -2.49. The lowest BCUT2D eigenvalue weighted by atomic mass is 10.2. The Morgan fingerprint density at radius 3 is 1.93 bits per heavy atom. The summed E-state index contributed by atoms with van der Waals surface area (Å²) in [6, 6.07) is 10.8. The number of nitrogens with zero attached hydrogens (tertiary/aromatic N) is 2. The van der Waals surface area contributed by atoms with Crippen LogP contribution in [-0.2, 0) is 14.6 Å². The first-order valence-corrected chi connectivity index (χ1v) is 10.3. The number of carbonyl (C=O) groups is 1. The first-order chi connectivity index (χ1) is 12.8. The van der Waals surface area contributed by atoms with E-state index in [1.165, 1.54) is 24.3 Å². The van der Waals surface area contributed by atoms with E-state index in [2.05, 4.69) is 4.90 Å². The minimum atomic E-state index is -3.63. The summed E-state index contributed by atoms with van der Waals surface area (Å²) in [7, 11) is -3.63.